The maximum Gasteiger partial charge on any atom is 0.175 e. The van der Waals surface area contributed by atoms with E-state index in [2.05, 4.69) is 18.3 Å². The topological polar surface area (TPSA) is 52.0 Å². The number of nitrogens with zero attached hydrogens (tertiary/aromatic N) is 2. The molecule has 94 valence electrons. The van der Waals surface area contributed by atoms with E-state index >= 15 is 0 Å². The summed E-state index contributed by atoms with van der Waals surface area (Å²) < 4.78 is 24.4. The molecule has 2 rings (SSSR count). The number of benzene rings is 1. The molecule has 0 fully saturated rings. The predicted octanol–water partition coefficient (Wildman–Crippen LogP) is 0.405. The molecule has 5 heteroatoms. The lowest BCUT2D eigenvalue weighted by Gasteiger charge is -2.03. The Labute approximate surface area is 106 Å². The highest BCUT2D eigenvalue weighted by atomic mass is 32.2. The maximum atomic E-state index is 11.4. The highest BCUT2D eigenvalue weighted by Gasteiger charge is 2.08. The number of hydrogen-bond acceptors (Lipinski definition) is 3. The molecule has 0 unspecified atom stereocenters. The lowest BCUT2D eigenvalue weighted by atomic mass is 10.3. The average Bonchev–Trinajstić information content (AvgIpc) is 2.56. The summed E-state index contributed by atoms with van der Waals surface area (Å²) in [5.74, 6) is 0. The quantitative estimate of drug-likeness (QED) is 0.787. The van der Waals surface area contributed by atoms with Crippen molar-refractivity contribution in [2.24, 2.45) is 0 Å². The van der Waals surface area contributed by atoms with Crippen LogP contribution in [0.1, 0.15) is 5.69 Å². The first-order valence-corrected chi connectivity index (χ1v) is 7.24. The minimum Gasteiger partial charge on any atom is -0.233 e. The van der Waals surface area contributed by atoms with E-state index in [1.807, 2.05) is 6.92 Å². The summed E-state index contributed by atoms with van der Waals surface area (Å²) in [6.45, 7) is 9.65. The highest BCUT2D eigenvalue weighted by Crippen LogP contribution is 2.11. The fourth-order valence-corrected chi connectivity index (χ4v) is 2.29. The molecule has 0 saturated carbocycles. The molecule has 0 aliphatic carbocycles. The fourth-order valence-electron chi connectivity index (χ4n) is 1.66. The molecule has 1 aromatic heterocycles. The molecule has 4 nitrogen and oxygen atoms in total. The Morgan fingerprint density at radius 3 is 2.11 bits per heavy atom. The molecule has 0 radical (unpaired) electrons. The van der Waals surface area contributed by atoms with E-state index in [4.69, 9.17) is 0 Å². The van der Waals surface area contributed by atoms with Crippen LogP contribution >= 0.6 is 0 Å². The van der Waals surface area contributed by atoms with Crippen molar-refractivity contribution < 1.29 is 8.42 Å². The van der Waals surface area contributed by atoms with Gasteiger partial charge in [-0.2, -0.15) is 5.10 Å². The minimum absolute atomic E-state index is 0.288. The predicted molar refractivity (Wildman–Crippen MR) is 71.7 cm³/mol. The molecule has 0 N–H and O–H groups in total. The first-order valence-electron chi connectivity index (χ1n) is 5.35. The molecule has 0 bridgehead atoms. The second-order valence-electron chi connectivity index (χ2n) is 4.19. The van der Waals surface area contributed by atoms with Gasteiger partial charge in [0, 0.05) is 11.5 Å². The first kappa shape index (κ1) is 12.6. The van der Waals surface area contributed by atoms with Gasteiger partial charge in [-0.15, -0.1) is 0 Å². The van der Waals surface area contributed by atoms with E-state index in [0.29, 0.717) is 5.35 Å². The molecule has 1 heterocycles. The highest BCUT2D eigenvalue weighted by molar-refractivity contribution is 7.90. The number of aryl methyl sites for hydroxylation is 1. The Kier molecular flexibility index (Phi) is 2.86. The molecule has 0 saturated heterocycles. The van der Waals surface area contributed by atoms with E-state index in [0.717, 1.165) is 16.6 Å². The number of aromatic nitrogens is 2. The summed E-state index contributed by atoms with van der Waals surface area (Å²) in [7, 11) is -3.17. The van der Waals surface area contributed by atoms with Crippen molar-refractivity contribution in [2.45, 2.75) is 11.8 Å². The van der Waals surface area contributed by atoms with Crippen LogP contribution < -0.4 is 10.6 Å². The van der Waals surface area contributed by atoms with E-state index in [1.54, 1.807) is 28.9 Å². The summed E-state index contributed by atoms with van der Waals surface area (Å²) in [5.41, 5.74) is 1.58. The van der Waals surface area contributed by atoms with Crippen molar-refractivity contribution in [3.8, 4) is 5.69 Å². The van der Waals surface area contributed by atoms with Gasteiger partial charge in [0.25, 0.3) is 0 Å². The van der Waals surface area contributed by atoms with E-state index in [9.17, 15) is 8.42 Å². The van der Waals surface area contributed by atoms with Gasteiger partial charge in [0.1, 0.15) is 0 Å². The molecule has 1 aromatic carbocycles. The monoisotopic (exact) mass is 262 g/mol. The molecule has 0 atom stereocenters. The molecule has 0 amide bonds. The summed E-state index contributed by atoms with van der Waals surface area (Å²) in [5, 5.41) is 5.82. The van der Waals surface area contributed by atoms with Gasteiger partial charge < -0.3 is 0 Å². The Hall–Kier alpha value is -1.88. The maximum absolute atomic E-state index is 11.4. The zero-order valence-electron chi connectivity index (χ0n) is 10.3. The zero-order chi connectivity index (χ0) is 13.5. The van der Waals surface area contributed by atoms with Gasteiger partial charge in [-0.25, -0.2) is 13.1 Å². The second-order valence-corrected chi connectivity index (χ2v) is 6.20. The minimum atomic E-state index is -3.17. The number of rotatable bonds is 2. The summed E-state index contributed by atoms with van der Waals surface area (Å²) in [6, 6.07) is 6.53. The molecular weight excluding hydrogens is 248 g/mol. The van der Waals surface area contributed by atoms with Crippen molar-refractivity contribution in [3.05, 3.63) is 40.5 Å². The van der Waals surface area contributed by atoms with Crippen LogP contribution in [-0.2, 0) is 9.84 Å². The molecule has 0 aliphatic heterocycles. The lowest BCUT2D eigenvalue weighted by molar-refractivity contribution is 0.602. The Morgan fingerprint density at radius 1 is 1.17 bits per heavy atom. The Balaban J connectivity index is 2.57. The summed E-state index contributed by atoms with van der Waals surface area (Å²) in [4.78, 5) is 0.288. The van der Waals surface area contributed by atoms with Crippen LogP contribution in [0.4, 0.5) is 0 Å². The Morgan fingerprint density at radius 2 is 1.72 bits per heavy atom. The van der Waals surface area contributed by atoms with Crippen molar-refractivity contribution in [3.63, 3.8) is 0 Å². The van der Waals surface area contributed by atoms with Gasteiger partial charge in [-0.1, -0.05) is 13.2 Å². The summed E-state index contributed by atoms with van der Waals surface area (Å²) >= 11 is 0. The van der Waals surface area contributed by atoms with Crippen LogP contribution in [-0.4, -0.2) is 24.5 Å². The molecule has 0 spiro atoms. The van der Waals surface area contributed by atoms with Gasteiger partial charge in [0.2, 0.25) is 0 Å². The first-order chi connectivity index (χ1) is 8.30. The van der Waals surface area contributed by atoms with Gasteiger partial charge in [0.05, 0.1) is 21.6 Å². The zero-order valence-corrected chi connectivity index (χ0v) is 11.2. The fraction of sp³-hybridized carbons (Fsp3) is 0.154. The normalized spacial score (nSPS) is 11.7. The largest absolute Gasteiger partial charge is 0.233 e. The standard InChI is InChI=1S/C13H14N2O2S/c1-9-10(2)14-15(11(9)3)12-5-7-13(8-6-12)18(4,16)17/h5-8H,1,3H2,2,4H3. The van der Waals surface area contributed by atoms with Crippen molar-refractivity contribution >= 4 is 23.0 Å². The van der Waals surface area contributed by atoms with Crippen molar-refractivity contribution in [2.75, 3.05) is 6.26 Å². The molecule has 0 aliphatic rings. The smallest absolute Gasteiger partial charge is 0.175 e. The summed E-state index contributed by atoms with van der Waals surface area (Å²) in [6.07, 6.45) is 1.18. The average molecular weight is 262 g/mol. The third kappa shape index (κ3) is 2.09. The van der Waals surface area contributed by atoms with Gasteiger partial charge in [-0.05, 0) is 31.2 Å². The Bertz CT molecular complexity index is 787. The third-order valence-corrected chi connectivity index (χ3v) is 3.93. The van der Waals surface area contributed by atoms with Gasteiger partial charge in [-0.3, -0.25) is 0 Å². The molecular formula is C13H14N2O2S. The third-order valence-electron chi connectivity index (χ3n) is 2.80. The van der Waals surface area contributed by atoms with E-state index in [1.165, 1.54) is 6.26 Å². The van der Waals surface area contributed by atoms with Crippen LogP contribution in [0.25, 0.3) is 18.8 Å². The van der Waals surface area contributed by atoms with Crippen LogP contribution in [0.15, 0.2) is 29.2 Å². The van der Waals surface area contributed by atoms with Crippen LogP contribution in [0.5, 0.6) is 0 Å². The lowest BCUT2D eigenvalue weighted by Crippen LogP contribution is -2.26. The molecule has 2 aromatic rings. The second kappa shape index (κ2) is 4.10. The van der Waals surface area contributed by atoms with E-state index in [-0.39, 0.29) is 4.90 Å². The number of hydrogen-bond donors (Lipinski definition) is 0. The van der Waals surface area contributed by atoms with Crippen molar-refractivity contribution in [1.82, 2.24) is 9.78 Å². The molecule has 18 heavy (non-hydrogen) atoms. The SMILES string of the molecule is C=c1c(C)nn(-c2ccc(S(C)(=O)=O)cc2)c1=C. The van der Waals surface area contributed by atoms with Crippen LogP contribution in [0, 0.1) is 6.92 Å². The van der Waals surface area contributed by atoms with Crippen LogP contribution in [0.3, 0.4) is 0 Å². The van der Waals surface area contributed by atoms with Gasteiger partial charge in [0.15, 0.2) is 9.84 Å². The number of sulfone groups is 1. The van der Waals surface area contributed by atoms with Crippen LogP contribution in [0.2, 0.25) is 0 Å². The van der Waals surface area contributed by atoms with E-state index < -0.39 is 9.84 Å². The van der Waals surface area contributed by atoms with Gasteiger partial charge >= 0.3 is 0 Å². The van der Waals surface area contributed by atoms with Crippen molar-refractivity contribution in [1.29, 1.82) is 0 Å².